The number of nitrogens with zero attached hydrogens (tertiary/aromatic N) is 2. The van der Waals surface area contributed by atoms with Crippen LogP contribution >= 0.6 is 11.3 Å². The highest BCUT2D eigenvalue weighted by Crippen LogP contribution is 2.28. The van der Waals surface area contributed by atoms with E-state index in [4.69, 9.17) is 4.74 Å². The Labute approximate surface area is 141 Å². The van der Waals surface area contributed by atoms with E-state index in [2.05, 4.69) is 20.2 Å². The molecule has 2 aromatic rings. The molecular weight excluding hydrogens is 334 g/mol. The van der Waals surface area contributed by atoms with Crippen molar-refractivity contribution in [1.82, 2.24) is 4.98 Å². The number of phenolic OH excluding ortho intramolecular Hbond substituents is 1. The lowest BCUT2D eigenvalue weighted by atomic mass is 10.2. The molecule has 126 valence electrons. The number of carbonyl (C=O) groups is 1. The number of benzene rings is 1. The van der Waals surface area contributed by atoms with Gasteiger partial charge in [-0.15, -0.1) is 0 Å². The summed E-state index contributed by atoms with van der Waals surface area (Å²) in [5, 5.41) is 14.1. The van der Waals surface area contributed by atoms with Gasteiger partial charge in [0.1, 0.15) is 4.88 Å². The predicted molar refractivity (Wildman–Crippen MR) is 90.2 cm³/mol. The Kier molecular flexibility index (Phi) is 5.85. The van der Waals surface area contributed by atoms with Crippen LogP contribution in [0.5, 0.6) is 11.5 Å². The van der Waals surface area contributed by atoms with Gasteiger partial charge in [0.05, 0.1) is 19.9 Å². The number of nitrogens with one attached hydrogen (secondary N) is 1. The van der Waals surface area contributed by atoms with Crippen molar-refractivity contribution in [1.29, 1.82) is 0 Å². The minimum absolute atomic E-state index is 0.0469. The van der Waals surface area contributed by atoms with Crippen LogP contribution in [0.25, 0.3) is 0 Å². The molecule has 2 N–H and O–H groups in total. The van der Waals surface area contributed by atoms with Gasteiger partial charge in [-0.1, -0.05) is 17.4 Å². The first-order valence-corrected chi connectivity index (χ1v) is 7.71. The maximum Gasteiger partial charge on any atom is 0.348 e. The second-order valence-electron chi connectivity index (χ2n) is 4.35. The third kappa shape index (κ3) is 4.29. The van der Waals surface area contributed by atoms with Gasteiger partial charge < -0.3 is 14.6 Å². The molecule has 0 atom stereocenters. The molecule has 0 fully saturated rings. The molecule has 2 rings (SSSR count). The van der Waals surface area contributed by atoms with E-state index < -0.39 is 11.5 Å². The summed E-state index contributed by atoms with van der Waals surface area (Å²) in [4.78, 5) is 26.7. The van der Waals surface area contributed by atoms with Gasteiger partial charge in [0, 0.05) is 11.6 Å². The van der Waals surface area contributed by atoms with E-state index in [1.165, 1.54) is 13.3 Å². The highest BCUT2D eigenvalue weighted by Gasteiger charge is 2.10. The number of aromatic nitrogens is 1. The first-order chi connectivity index (χ1) is 11.5. The summed E-state index contributed by atoms with van der Waals surface area (Å²) in [7, 11) is 1.22. The first-order valence-electron chi connectivity index (χ1n) is 6.89. The number of hydrogen-bond donors (Lipinski definition) is 2. The topological polar surface area (TPSA) is 110 Å². The van der Waals surface area contributed by atoms with E-state index >= 15 is 0 Å². The van der Waals surface area contributed by atoms with Crippen LogP contribution in [0.3, 0.4) is 0 Å². The number of hydrazone groups is 1. The van der Waals surface area contributed by atoms with Crippen molar-refractivity contribution in [2.24, 2.45) is 5.10 Å². The lowest BCUT2D eigenvalue weighted by molar-refractivity contribution is 0.0606. The van der Waals surface area contributed by atoms with Gasteiger partial charge in [-0.2, -0.15) is 10.1 Å². The molecule has 8 nitrogen and oxygen atoms in total. The fourth-order valence-electron chi connectivity index (χ4n) is 1.72. The molecule has 0 radical (unpaired) electrons. The second kappa shape index (κ2) is 8.06. The number of esters is 1. The van der Waals surface area contributed by atoms with Crippen LogP contribution in [-0.4, -0.2) is 36.0 Å². The quantitative estimate of drug-likeness (QED) is 0.465. The fourth-order valence-corrected chi connectivity index (χ4v) is 2.49. The van der Waals surface area contributed by atoms with E-state index in [1.807, 2.05) is 6.92 Å². The van der Waals surface area contributed by atoms with Crippen molar-refractivity contribution >= 4 is 28.7 Å². The van der Waals surface area contributed by atoms with Crippen LogP contribution in [0.2, 0.25) is 0 Å². The van der Waals surface area contributed by atoms with Crippen LogP contribution in [0, 0.1) is 0 Å². The number of carbonyl (C=O) groups excluding carboxylic acids is 1. The molecular formula is C15H15N3O5S. The molecule has 0 unspecified atom stereocenters. The summed E-state index contributed by atoms with van der Waals surface area (Å²) < 4.78 is 9.84. The van der Waals surface area contributed by atoms with E-state index in [0.29, 0.717) is 17.9 Å². The van der Waals surface area contributed by atoms with Gasteiger partial charge in [-0.05, 0) is 19.1 Å². The zero-order valence-corrected chi connectivity index (χ0v) is 13.8. The molecule has 0 aliphatic carbocycles. The van der Waals surface area contributed by atoms with Crippen molar-refractivity contribution in [2.75, 3.05) is 19.1 Å². The number of aromatic hydroxyl groups is 1. The zero-order chi connectivity index (χ0) is 17.5. The van der Waals surface area contributed by atoms with Gasteiger partial charge >= 0.3 is 5.97 Å². The number of methoxy groups -OCH3 is 1. The third-order valence-electron chi connectivity index (χ3n) is 2.75. The predicted octanol–water partition coefficient (Wildman–Crippen LogP) is 1.84. The normalized spacial score (nSPS) is 10.6. The monoisotopic (exact) mass is 349 g/mol. The number of phenols is 1. The Bertz CT molecular complexity index is 819. The number of ether oxygens (including phenoxy) is 2. The van der Waals surface area contributed by atoms with Gasteiger partial charge in [-0.25, -0.2) is 4.79 Å². The first kappa shape index (κ1) is 17.4. The van der Waals surface area contributed by atoms with Crippen LogP contribution in [0.4, 0.5) is 5.13 Å². The average molecular weight is 349 g/mol. The smallest absolute Gasteiger partial charge is 0.348 e. The van der Waals surface area contributed by atoms with E-state index in [-0.39, 0.29) is 15.8 Å². The number of rotatable bonds is 6. The highest BCUT2D eigenvalue weighted by atomic mass is 32.1. The molecule has 1 aromatic carbocycles. The summed E-state index contributed by atoms with van der Waals surface area (Å²) in [5.74, 6) is -0.333. The third-order valence-corrected chi connectivity index (χ3v) is 3.63. The summed E-state index contributed by atoms with van der Waals surface area (Å²) in [6, 6.07) is 6.07. The molecule has 0 aliphatic rings. The van der Waals surface area contributed by atoms with Crippen molar-refractivity contribution in [2.45, 2.75) is 6.92 Å². The van der Waals surface area contributed by atoms with Crippen LogP contribution in [0.1, 0.15) is 22.2 Å². The lowest BCUT2D eigenvalue weighted by Crippen LogP contribution is -2.10. The second-order valence-corrected chi connectivity index (χ2v) is 5.39. The Morgan fingerprint density at radius 1 is 1.50 bits per heavy atom. The molecule has 0 bridgehead atoms. The van der Waals surface area contributed by atoms with E-state index in [1.54, 1.807) is 18.2 Å². The summed E-state index contributed by atoms with van der Waals surface area (Å²) >= 11 is 0.922. The molecule has 0 aliphatic heterocycles. The Hall–Kier alpha value is -2.94. The molecule has 0 saturated heterocycles. The number of para-hydroxylation sites is 1. The number of anilines is 1. The Morgan fingerprint density at radius 2 is 2.29 bits per heavy atom. The number of hydrogen-bond acceptors (Lipinski definition) is 9. The maximum atomic E-state index is 11.5. The lowest BCUT2D eigenvalue weighted by Gasteiger charge is -2.07. The van der Waals surface area contributed by atoms with Crippen molar-refractivity contribution < 1.29 is 19.4 Å². The SMILES string of the molecule is CCOc1cccc(C=NNc2nc(=O)cc(C(=O)OC)s2)c1O. The molecule has 0 amide bonds. The van der Waals surface area contributed by atoms with Crippen molar-refractivity contribution in [3.63, 3.8) is 0 Å². The minimum atomic E-state index is -0.631. The van der Waals surface area contributed by atoms with Crippen molar-refractivity contribution in [3.05, 3.63) is 45.1 Å². The Balaban J connectivity index is 2.18. The summed E-state index contributed by atoms with van der Waals surface area (Å²) in [6.45, 7) is 2.23. The van der Waals surface area contributed by atoms with Gasteiger partial charge in [0.25, 0.3) is 5.56 Å². The summed E-state index contributed by atoms with van der Waals surface area (Å²) in [6.07, 6.45) is 1.35. The minimum Gasteiger partial charge on any atom is -0.504 e. The van der Waals surface area contributed by atoms with Gasteiger partial charge in [-0.3, -0.25) is 10.2 Å². The zero-order valence-electron chi connectivity index (χ0n) is 13.0. The molecule has 0 spiro atoms. The highest BCUT2D eigenvalue weighted by molar-refractivity contribution is 7.17. The Morgan fingerprint density at radius 3 is 3.00 bits per heavy atom. The van der Waals surface area contributed by atoms with Crippen LogP contribution in [0.15, 0.2) is 34.2 Å². The standard InChI is InChI=1S/C15H15N3O5S/c1-3-23-10-6-4-5-9(13(10)20)8-16-18-15-17-12(19)7-11(24-15)14(21)22-2/h4-8,20H,3H2,1-2H3,(H,17,18,19). The molecule has 9 heteroatoms. The van der Waals surface area contributed by atoms with Gasteiger partial charge in [0.15, 0.2) is 11.5 Å². The van der Waals surface area contributed by atoms with Gasteiger partial charge in [0.2, 0.25) is 5.13 Å². The van der Waals surface area contributed by atoms with E-state index in [0.717, 1.165) is 17.4 Å². The van der Waals surface area contributed by atoms with E-state index in [9.17, 15) is 14.7 Å². The fraction of sp³-hybridized carbons (Fsp3) is 0.200. The molecule has 1 heterocycles. The molecule has 1 aromatic heterocycles. The maximum absolute atomic E-state index is 11.5. The van der Waals surface area contributed by atoms with Crippen LogP contribution < -0.4 is 15.7 Å². The van der Waals surface area contributed by atoms with Crippen molar-refractivity contribution in [3.8, 4) is 11.5 Å². The largest absolute Gasteiger partial charge is 0.504 e. The molecule has 0 saturated carbocycles. The average Bonchev–Trinajstić information content (AvgIpc) is 2.57. The summed E-state index contributed by atoms with van der Waals surface area (Å²) in [5.41, 5.74) is 2.38. The van der Waals surface area contributed by atoms with Crippen LogP contribution in [-0.2, 0) is 4.74 Å². The molecule has 24 heavy (non-hydrogen) atoms.